The maximum absolute atomic E-state index is 9.73. The molecule has 0 bridgehead atoms. The number of pyridine rings is 1. The second kappa shape index (κ2) is 3.53. The van der Waals surface area contributed by atoms with Crippen LogP contribution in [0.4, 0.5) is 0 Å². The summed E-state index contributed by atoms with van der Waals surface area (Å²) in [4.78, 5) is 3.90. The van der Waals surface area contributed by atoms with Gasteiger partial charge in [0.1, 0.15) is 11.4 Å². The molecule has 0 aromatic carbocycles. The van der Waals surface area contributed by atoms with Crippen LogP contribution in [0.25, 0.3) is 0 Å². The highest BCUT2D eigenvalue weighted by molar-refractivity contribution is 5.43. The van der Waals surface area contributed by atoms with Crippen LogP contribution >= 0.6 is 0 Å². The van der Waals surface area contributed by atoms with Gasteiger partial charge in [-0.15, -0.1) is 0 Å². The zero-order valence-corrected chi connectivity index (χ0v) is 7.73. The molecule has 0 unspecified atom stereocenters. The lowest BCUT2D eigenvalue weighted by Crippen LogP contribution is -2.01. The monoisotopic (exact) mass is 197 g/mol. The quantitative estimate of drug-likeness (QED) is 0.720. The van der Waals surface area contributed by atoms with Crippen molar-refractivity contribution in [2.45, 2.75) is 19.5 Å². The van der Waals surface area contributed by atoms with Crippen LogP contribution in [0, 0.1) is 0 Å². The molecule has 1 aromatic rings. The molecule has 5 nitrogen and oxygen atoms in total. The minimum absolute atomic E-state index is 0.0330. The molecule has 2 N–H and O–H groups in total. The summed E-state index contributed by atoms with van der Waals surface area (Å²) in [5, 5.41) is 18.6. The van der Waals surface area contributed by atoms with E-state index in [1.54, 1.807) is 6.20 Å². The summed E-state index contributed by atoms with van der Waals surface area (Å²) in [6.07, 6.45) is 1.03. The molecule has 14 heavy (non-hydrogen) atoms. The summed E-state index contributed by atoms with van der Waals surface area (Å²) in [5.41, 5.74) is 1.62. The number of ether oxygens (including phenoxy) is 2. The highest BCUT2D eigenvalue weighted by atomic mass is 16.7. The normalized spacial score (nSPS) is 19.7. The molecule has 76 valence electrons. The van der Waals surface area contributed by atoms with E-state index < -0.39 is 6.29 Å². The first kappa shape index (κ1) is 9.39. The first-order valence-electron chi connectivity index (χ1n) is 4.22. The van der Waals surface area contributed by atoms with E-state index in [-0.39, 0.29) is 18.1 Å². The minimum atomic E-state index is -0.557. The van der Waals surface area contributed by atoms with Crippen molar-refractivity contribution < 1.29 is 19.7 Å². The summed E-state index contributed by atoms with van der Waals surface area (Å²) in [7, 11) is 1.50. The Morgan fingerprint density at radius 1 is 1.71 bits per heavy atom. The van der Waals surface area contributed by atoms with Crippen molar-refractivity contribution in [3.05, 3.63) is 23.0 Å². The third-order valence-corrected chi connectivity index (χ3v) is 2.24. The number of fused-ring (bicyclic) bond motifs is 1. The Morgan fingerprint density at radius 2 is 2.50 bits per heavy atom. The standard InChI is InChI=1S/C9H11NO4/c1-13-9-7-5(4-14-9)2-10-6(3-11)8(7)12/h2,9,11-12H,3-4H2,1H3/t9-/m0/s1. The van der Waals surface area contributed by atoms with Gasteiger partial charge in [0.05, 0.1) is 18.8 Å². The lowest BCUT2D eigenvalue weighted by molar-refractivity contribution is -0.118. The first-order valence-corrected chi connectivity index (χ1v) is 4.22. The number of hydrogen-bond donors (Lipinski definition) is 2. The molecule has 1 atom stereocenters. The van der Waals surface area contributed by atoms with Crippen molar-refractivity contribution in [1.29, 1.82) is 0 Å². The van der Waals surface area contributed by atoms with Crippen LogP contribution in [0.2, 0.25) is 0 Å². The Balaban J connectivity index is 2.50. The summed E-state index contributed by atoms with van der Waals surface area (Å²) < 4.78 is 10.3. The van der Waals surface area contributed by atoms with Gasteiger partial charge in [-0.1, -0.05) is 0 Å². The average molecular weight is 197 g/mol. The van der Waals surface area contributed by atoms with Crippen molar-refractivity contribution in [2.24, 2.45) is 0 Å². The van der Waals surface area contributed by atoms with Crippen LogP contribution in [0.3, 0.4) is 0 Å². The van der Waals surface area contributed by atoms with Gasteiger partial charge in [-0.25, -0.2) is 0 Å². The first-order chi connectivity index (χ1) is 6.77. The van der Waals surface area contributed by atoms with E-state index in [2.05, 4.69) is 4.98 Å². The maximum Gasteiger partial charge on any atom is 0.187 e. The highest BCUT2D eigenvalue weighted by Crippen LogP contribution is 2.38. The number of methoxy groups -OCH3 is 1. The predicted molar refractivity (Wildman–Crippen MR) is 46.4 cm³/mol. The van der Waals surface area contributed by atoms with Crippen molar-refractivity contribution in [3.8, 4) is 5.75 Å². The molecule has 0 saturated carbocycles. The fourth-order valence-corrected chi connectivity index (χ4v) is 1.52. The fraction of sp³-hybridized carbons (Fsp3) is 0.444. The zero-order chi connectivity index (χ0) is 10.1. The van der Waals surface area contributed by atoms with Crippen LogP contribution in [0.5, 0.6) is 5.75 Å². The van der Waals surface area contributed by atoms with Gasteiger partial charge >= 0.3 is 0 Å². The summed E-state index contributed by atoms with van der Waals surface area (Å²) in [6, 6.07) is 0. The van der Waals surface area contributed by atoms with Gasteiger partial charge in [0.25, 0.3) is 0 Å². The van der Waals surface area contributed by atoms with Crippen LogP contribution in [0.1, 0.15) is 23.1 Å². The van der Waals surface area contributed by atoms with Crippen molar-refractivity contribution in [2.75, 3.05) is 7.11 Å². The minimum Gasteiger partial charge on any atom is -0.505 e. The fourth-order valence-electron chi connectivity index (χ4n) is 1.52. The van der Waals surface area contributed by atoms with Crippen molar-refractivity contribution in [3.63, 3.8) is 0 Å². The summed E-state index contributed by atoms with van der Waals surface area (Å²) in [6.45, 7) is 0.0790. The Labute approximate surface area is 80.9 Å². The number of aromatic hydroxyl groups is 1. The molecular formula is C9H11NO4. The van der Waals surface area contributed by atoms with E-state index in [1.807, 2.05) is 0 Å². The summed E-state index contributed by atoms with van der Waals surface area (Å²) in [5.74, 6) is -0.0330. The topological polar surface area (TPSA) is 71.8 Å². The average Bonchev–Trinajstić information content (AvgIpc) is 2.62. The Morgan fingerprint density at radius 3 is 3.14 bits per heavy atom. The number of rotatable bonds is 2. The zero-order valence-electron chi connectivity index (χ0n) is 7.73. The molecule has 0 fully saturated rings. The van der Waals surface area contributed by atoms with E-state index in [4.69, 9.17) is 14.6 Å². The van der Waals surface area contributed by atoms with Gasteiger partial charge in [-0.3, -0.25) is 4.98 Å². The van der Waals surface area contributed by atoms with E-state index in [1.165, 1.54) is 7.11 Å². The number of hydrogen-bond acceptors (Lipinski definition) is 5. The Kier molecular flexibility index (Phi) is 2.37. The van der Waals surface area contributed by atoms with Gasteiger partial charge < -0.3 is 19.7 Å². The number of aliphatic hydroxyl groups excluding tert-OH is 1. The molecule has 1 aromatic heterocycles. The number of aromatic nitrogens is 1. The largest absolute Gasteiger partial charge is 0.505 e. The molecule has 2 rings (SSSR count). The van der Waals surface area contributed by atoms with Gasteiger partial charge in [0, 0.05) is 18.9 Å². The van der Waals surface area contributed by atoms with Crippen molar-refractivity contribution >= 4 is 0 Å². The molecule has 0 radical (unpaired) electrons. The molecule has 0 spiro atoms. The predicted octanol–water partition coefficient (Wildman–Crippen LogP) is 0.455. The van der Waals surface area contributed by atoms with E-state index in [0.29, 0.717) is 12.2 Å². The van der Waals surface area contributed by atoms with Gasteiger partial charge in [0.2, 0.25) is 0 Å². The van der Waals surface area contributed by atoms with Crippen LogP contribution in [0.15, 0.2) is 6.20 Å². The van der Waals surface area contributed by atoms with Gasteiger partial charge in [-0.05, 0) is 0 Å². The van der Waals surface area contributed by atoms with Crippen LogP contribution < -0.4 is 0 Å². The third kappa shape index (κ3) is 1.26. The second-order valence-electron chi connectivity index (χ2n) is 3.03. The smallest absolute Gasteiger partial charge is 0.187 e. The molecule has 1 aliphatic rings. The van der Waals surface area contributed by atoms with Gasteiger partial charge in [0.15, 0.2) is 6.29 Å². The number of aliphatic hydroxyl groups is 1. The summed E-state index contributed by atoms with van der Waals surface area (Å²) >= 11 is 0. The van der Waals surface area contributed by atoms with Crippen LogP contribution in [-0.2, 0) is 22.7 Å². The Bertz CT molecular complexity index is 353. The lowest BCUT2D eigenvalue weighted by Gasteiger charge is -2.11. The van der Waals surface area contributed by atoms with E-state index in [9.17, 15) is 5.11 Å². The molecule has 0 amide bonds. The Hall–Kier alpha value is -1.17. The third-order valence-electron chi connectivity index (χ3n) is 2.24. The van der Waals surface area contributed by atoms with Crippen LogP contribution in [-0.4, -0.2) is 22.3 Å². The second-order valence-corrected chi connectivity index (χ2v) is 3.03. The maximum atomic E-state index is 9.73. The van der Waals surface area contributed by atoms with Gasteiger partial charge in [-0.2, -0.15) is 0 Å². The van der Waals surface area contributed by atoms with E-state index >= 15 is 0 Å². The molecular weight excluding hydrogens is 186 g/mol. The SMILES string of the molecule is CO[C@H]1OCc2cnc(CO)c(O)c21. The lowest BCUT2D eigenvalue weighted by atomic mass is 10.1. The molecule has 1 aliphatic heterocycles. The molecule has 0 saturated heterocycles. The molecule has 0 aliphatic carbocycles. The number of nitrogens with zero attached hydrogens (tertiary/aromatic N) is 1. The highest BCUT2D eigenvalue weighted by Gasteiger charge is 2.28. The molecule has 2 heterocycles. The molecule has 5 heteroatoms. The van der Waals surface area contributed by atoms with Crippen molar-refractivity contribution in [1.82, 2.24) is 4.98 Å². The van der Waals surface area contributed by atoms with E-state index in [0.717, 1.165) is 5.56 Å².